The molecule has 0 aliphatic carbocycles. The van der Waals surface area contributed by atoms with E-state index in [4.69, 9.17) is 4.74 Å². The SMILES string of the molecule is COC(=O)CC1C(=O)NCCN1Cc1c(C)cc(C(C)(C)C)cc1C. The first-order valence-electron chi connectivity index (χ1n) is 8.82. The van der Waals surface area contributed by atoms with Crippen LogP contribution in [0.1, 0.15) is 49.4 Å². The maximum Gasteiger partial charge on any atom is 0.307 e. The molecule has 25 heavy (non-hydrogen) atoms. The molecule has 1 aliphatic heterocycles. The molecule has 0 saturated carbocycles. The number of esters is 1. The first-order valence-corrected chi connectivity index (χ1v) is 8.82. The number of aryl methyl sites for hydroxylation is 2. The molecule has 1 amide bonds. The standard InChI is InChI=1S/C20H30N2O3/c1-13-9-15(20(3,4)5)10-14(2)16(13)12-22-8-7-21-19(24)17(22)11-18(23)25-6/h9-10,17H,7-8,11-12H2,1-6H3,(H,21,24). The lowest BCUT2D eigenvalue weighted by molar-refractivity contribution is -0.146. The summed E-state index contributed by atoms with van der Waals surface area (Å²) in [4.78, 5) is 26.0. The van der Waals surface area contributed by atoms with Gasteiger partial charge in [-0.1, -0.05) is 32.9 Å². The van der Waals surface area contributed by atoms with Crippen LogP contribution in [0.2, 0.25) is 0 Å². The maximum absolute atomic E-state index is 12.2. The minimum absolute atomic E-state index is 0.0838. The molecule has 0 radical (unpaired) electrons. The summed E-state index contributed by atoms with van der Waals surface area (Å²) in [6.07, 6.45) is 0.0838. The highest BCUT2D eigenvalue weighted by atomic mass is 16.5. The molecule has 0 spiro atoms. The van der Waals surface area contributed by atoms with Crippen LogP contribution >= 0.6 is 0 Å². The summed E-state index contributed by atoms with van der Waals surface area (Å²) in [5.74, 6) is -0.457. The number of benzene rings is 1. The van der Waals surface area contributed by atoms with E-state index in [9.17, 15) is 9.59 Å². The second kappa shape index (κ2) is 7.56. The van der Waals surface area contributed by atoms with Crippen LogP contribution in [0.5, 0.6) is 0 Å². The smallest absolute Gasteiger partial charge is 0.307 e. The van der Waals surface area contributed by atoms with Crippen molar-refractivity contribution in [2.75, 3.05) is 20.2 Å². The van der Waals surface area contributed by atoms with Gasteiger partial charge in [-0.15, -0.1) is 0 Å². The molecule has 1 heterocycles. The molecule has 1 aromatic carbocycles. The molecule has 1 unspecified atom stereocenters. The minimum atomic E-state index is -0.470. The molecule has 1 fully saturated rings. The van der Waals surface area contributed by atoms with Crippen LogP contribution in [0.15, 0.2) is 12.1 Å². The first kappa shape index (κ1) is 19.4. The van der Waals surface area contributed by atoms with Crippen molar-refractivity contribution in [3.63, 3.8) is 0 Å². The molecule has 1 aromatic rings. The number of nitrogens with one attached hydrogen (secondary N) is 1. The van der Waals surface area contributed by atoms with Gasteiger partial charge in [0.25, 0.3) is 0 Å². The molecule has 0 bridgehead atoms. The van der Waals surface area contributed by atoms with E-state index in [0.29, 0.717) is 13.1 Å². The van der Waals surface area contributed by atoms with E-state index in [1.807, 2.05) is 0 Å². The van der Waals surface area contributed by atoms with Crippen molar-refractivity contribution in [1.82, 2.24) is 10.2 Å². The molecule has 1 atom stereocenters. The third-order valence-electron chi connectivity index (χ3n) is 4.95. The van der Waals surface area contributed by atoms with Crippen LogP contribution in [0.4, 0.5) is 0 Å². The van der Waals surface area contributed by atoms with Crippen LogP contribution in [0, 0.1) is 13.8 Å². The molecule has 1 saturated heterocycles. The first-order chi connectivity index (χ1) is 11.6. The maximum atomic E-state index is 12.2. The van der Waals surface area contributed by atoms with Gasteiger partial charge >= 0.3 is 5.97 Å². The van der Waals surface area contributed by atoms with E-state index in [0.717, 1.165) is 6.54 Å². The lowest BCUT2D eigenvalue weighted by atomic mass is 9.83. The van der Waals surface area contributed by atoms with Gasteiger partial charge in [-0.2, -0.15) is 0 Å². The lowest BCUT2D eigenvalue weighted by Crippen LogP contribution is -2.55. The molecule has 138 valence electrons. The Morgan fingerprint density at radius 3 is 2.40 bits per heavy atom. The van der Waals surface area contributed by atoms with Crippen molar-refractivity contribution in [2.24, 2.45) is 0 Å². The molecular weight excluding hydrogens is 316 g/mol. The normalized spacial score (nSPS) is 18.8. The molecule has 1 aliphatic rings. The van der Waals surface area contributed by atoms with E-state index >= 15 is 0 Å². The van der Waals surface area contributed by atoms with Gasteiger partial charge < -0.3 is 10.1 Å². The van der Waals surface area contributed by atoms with E-state index in [1.165, 1.54) is 29.4 Å². The fraction of sp³-hybridized carbons (Fsp3) is 0.600. The number of methoxy groups -OCH3 is 1. The van der Waals surface area contributed by atoms with Gasteiger partial charge in [0.1, 0.15) is 6.04 Å². The second-order valence-corrected chi connectivity index (χ2v) is 7.90. The van der Waals surface area contributed by atoms with Crippen LogP contribution < -0.4 is 5.32 Å². The highest BCUT2D eigenvalue weighted by Gasteiger charge is 2.32. The Kier molecular flexibility index (Phi) is 5.88. The van der Waals surface area contributed by atoms with Gasteiger partial charge in [-0.25, -0.2) is 0 Å². The average molecular weight is 346 g/mol. The topological polar surface area (TPSA) is 58.6 Å². The van der Waals surface area contributed by atoms with Crippen LogP contribution in [0.3, 0.4) is 0 Å². The summed E-state index contributed by atoms with van der Waals surface area (Å²) < 4.78 is 4.75. The monoisotopic (exact) mass is 346 g/mol. The Hall–Kier alpha value is -1.88. The predicted octanol–water partition coefficient (Wildman–Crippen LogP) is 2.46. The van der Waals surface area contributed by atoms with Crippen molar-refractivity contribution in [3.8, 4) is 0 Å². The van der Waals surface area contributed by atoms with Gasteiger partial charge in [0, 0.05) is 19.6 Å². The van der Waals surface area contributed by atoms with Gasteiger partial charge in [-0.3, -0.25) is 14.5 Å². The minimum Gasteiger partial charge on any atom is -0.469 e. The Morgan fingerprint density at radius 1 is 1.28 bits per heavy atom. The number of carbonyl (C=O) groups is 2. The van der Waals surface area contributed by atoms with Crippen molar-refractivity contribution in [3.05, 3.63) is 34.4 Å². The van der Waals surface area contributed by atoms with Gasteiger partial charge in [-0.05, 0) is 41.5 Å². The average Bonchev–Trinajstić information content (AvgIpc) is 2.52. The third kappa shape index (κ3) is 4.60. The zero-order chi connectivity index (χ0) is 18.8. The fourth-order valence-corrected chi connectivity index (χ4v) is 3.29. The number of hydrogen-bond acceptors (Lipinski definition) is 4. The van der Waals surface area contributed by atoms with Crippen molar-refractivity contribution in [2.45, 2.75) is 59.0 Å². The Bertz CT molecular complexity index is 638. The zero-order valence-electron chi connectivity index (χ0n) is 16.2. The fourth-order valence-electron chi connectivity index (χ4n) is 3.29. The predicted molar refractivity (Wildman–Crippen MR) is 98.5 cm³/mol. The summed E-state index contributed by atoms with van der Waals surface area (Å²) >= 11 is 0. The largest absolute Gasteiger partial charge is 0.469 e. The molecule has 2 rings (SSSR count). The number of amides is 1. The lowest BCUT2D eigenvalue weighted by Gasteiger charge is -2.35. The van der Waals surface area contributed by atoms with Crippen molar-refractivity contribution < 1.29 is 14.3 Å². The number of nitrogens with zero attached hydrogens (tertiary/aromatic N) is 1. The highest BCUT2D eigenvalue weighted by Crippen LogP contribution is 2.28. The zero-order valence-corrected chi connectivity index (χ0v) is 16.2. The number of hydrogen-bond donors (Lipinski definition) is 1. The van der Waals surface area contributed by atoms with Crippen LogP contribution in [0.25, 0.3) is 0 Å². The van der Waals surface area contributed by atoms with E-state index < -0.39 is 6.04 Å². The second-order valence-electron chi connectivity index (χ2n) is 7.90. The summed E-state index contributed by atoms with van der Waals surface area (Å²) in [6.45, 7) is 12.9. The number of rotatable bonds is 4. The summed E-state index contributed by atoms with van der Waals surface area (Å²) in [6, 6.07) is 4.01. The quantitative estimate of drug-likeness (QED) is 0.851. The van der Waals surface area contributed by atoms with Crippen molar-refractivity contribution in [1.29, 1.82) is 0 Å². The van der Waals surface area contributed by atoms with E-state index in [1.54, 1.807) is 0 Å². The van der Waals surface area contributed by atoms with E-state index in [2.05, 4.69) is 57.0 Å². The van der Waals surface area contributed by atoms with Crippen LogP contribution in [-0.2, 0) is 26.3 Å². The van der Waals surface area contributed by atoms with Crippen LogP contribution in [-0.4, -0.2) is 43.0 Å². The Balaban J connectivity index is 2.27. The summed E-state index contributed by atoms with van der Waals surface area (Å²) in [7, 11) is 1.35. The van der Waals surface area contributed by atoms with E-state index in [-0.39, 0.29) is 23.7 Å². The molecule has 1 N–H and O–H groups in total. The summed E-state index contributed by atoms with van der Waals surface area (Å²) in [5, 5.41) is 2.85. The molecular formula is C20H30N2O3. The number of piperazine rings is 1. The van der Waals surface area contributed by atoms with Gasteiger partial charge in [0.2, 0.25) is 5.91 Å². The van der Waals surface area contributed by atoms with Gasteiger partial charge in [0.05, 0.1) is 13.5 Å². The Labute approximate surface area is 150 Å². The summed E-state index contributed by atoms with van der Waals surface area (Å²) in [5.41, 5.74) is 5.11. The highest BCUT2D eigenvalue weighted by molar-refractivity contribution is 5.87. The Morgan fingerprint density at radius 2 is 1.88 bits per heavy atom. The number of carbonyl (C=O) groups excluding carboxylic acids is 2. The molecule has 0 aromatic heterocycles. The van der Waals surface area contributed by atoms with Crippen molar-refractivity contribution >= 4 is 11.9 Å². The third-order valence-corrected chi connectivity index (χ3v) is 4.95. The van der Waals surface area contributed by atoms with Gasteiger partial charge in [0.15, 0.2) is 0 Å². The molecule has 5 heteroatoms. The molecule has 5 nitrogen and oxygen atoms in total. The number of ether oxygens (including phenoxy) is 1.